The molecule has 0 fully saturated rings. The molecule has 0 radical (unpaired) electrons. The van der Waals surface area contributed by atoms with Gasteiger partial charge < -0.3 is 10.6 Å². The summed E-state index contributed by atoms with van der Waals surface area (Å²) in [6.07, 6.45) is 0. The van der Waals surface area contributed by atoms with Crippen molar-refractivity contribution >= 4 is 22.9 Å². The summed E-state index contributed by atoms with van der Waals surface area (Å²) in [6.45, 7) is 6.30. The maximum atomic E-state index is 12.8. The number of rotatable bonds is 3. The van der Waals surface area contributed by atoms with Crippen LogP contribution >= 0.6 is 0 Å². The maximum Gasteiger partial charge on any atom is 0.251 e. The van der Waals surface area contributed by atoms with Crippen LogP contribution in [0.2, 0.25) is 0 Å². The first-order valence-electron chi connectivity index (χ1n) is 9.28. The van der Waals surface area contributed by atoms with Gasteiger partial charge in [-0.1, -0.05) is 50.2 Å². The van der Waals surface area contributed by atoms with Crippen molar-refractivity contribution in [2.24, 2.45) is 0 Å². The van der Waals surface area contributed by atoms with Gasteiger partial charge in [0.2, 0.25) is 5.95 Å². The summed E-state index contributed by atoms with van der Waals surface area (Å²) in [5.74, 6) is 1.15. The molecule has 4 rings (SSSR count). The van der Waals surface area contributed by atoms with Crippen LogP contribution < -0.4 is 10.6 Å². The third kappa shape index (κ3) is 2.79. The van der Waals surface area contributed by atoms with Crippen LogP contribution in [0.1, 0.15) is 43.9 Å². The Morgan fingerprint density at radius 3 is 2.52 bits per heavy atom. The summed E-state index contributed by atoms with van der Waals surface area (Å²) >= 11 is 0. The number of hydrogen-bond acceptors (Lipinski definition) is 3. The number of anilines is 1. The van der Waals surface area contributed by atoms with E-state index in [2.05, 4.69) is 53.3 Å². The number of fused-ring (bicyclic) bond motifs is 3. The van der Waals surface area contributed by atoms with Crippen molar-refractivity contribution in [1.82, 2.24) is 14.9 Å². The van der Waals surface area contributed by atoms with Crippen molar-refractivity contribution in [2.75, 3.05) is 12.4 Å². The first kappa shape index (κ1) is 17.3. The average Bonchev–Trinajstić information content (AvgIpc) is 3.04. The highest BCUT2D eigenvalue weighted by molar-refractivity contribution is 5.97. The summed E-state index contributed by atoms with van der Waals surface area (Å²) < 4.78 is 2.12. The Morgan fingerprint density at radius 2 is 1.85 bits per heavy atom. The van der Waals surface area contributed by atoms with Crippen LogP contribution in [-0.2, 0) is 4.79 Å². The van der Waals surface area contributed by atoms with Crippen molar-refractivity contribution in [2.45, 2.75) is 32.7 Å². The summed E-state index contributed by atoms with van der Waals surface area (Å²) in [5.41, 5.74) is 5.82. The molecule has 0 unspecified atom stereocenters. The standard InChI is InChI=1S/C22H24N4O/c1-13(2)15-9-11-16(12-10-15)20-19(21(27)23-4)14(3)24-22-25-17-7-5-6-8-18(17)26(20)22/h5-13,20H,1-4H3,(H,23,27)(H,24,25)/t20-/m0/s1. The Morgan fingerprint density at radius 1 is 1.15 bits per heavy atom. The third-order valence-electron chi connectivity index (χ3n) is 5.22. The monoisotopic (exact) mass is 360 g/mol. The van der Waals surface area contributed by atoms with E-state index < -0.39 is 0 Å². The Hall–Kier alpha value is -3.08. The molecular formula is C22H24N4O. The van der Waals surface area contributed by atoms with Crippen molar-refractivity contribution in [3.63, 3.8) is 0 Å². The Kier molecular flexibility index (Phi) is 4.22. The lowest BCUT2D eigenvalue weighted by Gasteiger charge is -2.30. The van der Waals surface area contributed by atoms with E-state index in [0.29, 0.717) is 11.5 Å². The average molecular weight is 360 g/mol. The lowest BCUT2D eigenvalue weighted by molar-refractivity contribution is -0.117. The fourth-order valence-corrected chi connectivity index (χ4v) is 3.77. The molecule has 2 aromatic carbocycles. The van der Waals surface area contributed by atoms with Crippen LogP contribution in [0.5, 0.6) is 0 Å². The van der Waals surface area contributed by atoms with Crippen molar-refractivity contribution in [3.05, 3.63) is 70.9 Å². The molecule has 0 spiro atoms. The molecule has 2 N–H and O–H groups in total. The molecule has 1 atom stereocenters. The first-order valence-corrected chi connectivity index (χ1v) is 9.28. The van der Waals surface area contributed by atoms with Crippen molar-refractivity contribution < 1.29 is 4.79 Å². The van der Waals surface area contributed by atoms with Gasteiger partial charge in [0, 0.05) is 12.7 Å². The molecule has 138 valence electrons. The van der Waals surface area contributed by atoms with Gasteiger partial charge in [0.15, 0.2) is 0 Å². The van der Waals surface area contributed by atoms with E-state index in [9.17, 15) is 4.79 Å². The fraction of sp³-hybridized carbons (Fsp3) is 0.273. The summed E-state index contributed by atoms with van der Waals surface area (Å²) in [7, 11) is 1.67. The lowest BCUT2D eigenvalue weighted by atomic mass is 9.92. The molecule has 5 heteroatoms. The zero-order valence-electron chi connectivity index (χ0n) is 16.1. The van der Waals surface area contributed by atoms with Gasteiger partial charge in [0.1, 0.15) is 0 Å². The number of nitrogens with zero attached hydrogens (tertiary/aromatic N) is 2. The van der Waals surface area contributed by atoms with E-state index in [4.69, 9.17) is 4.98 Å². The molecule has 5 nitrogen and oxygen atoms in total. The van der Waals surface area contributed by atoms with Crippen LogP contribution in [0.15, 0.2) is 59.8 Å². The fourth-order valence-electron chi connectivity index (χ4n) is 3.77. The topological polar surface area (TPSA) is 59.0 Å². The molecule has 0 saturated carbocycles. The molecule has 2 heterocycles. The minimum atomic E-state index is -0.227. The van der Waals surface area contributed by atoms with E-state index in [1.54, 1.807) is 7.05 Å². The summed E-state index contributed by atoms with van der Waals surface area (Å²) in [4.78, 5) is 17.5. The molecule has 0 bridgehead atoms. The Labute approximate surface area is 159 Å². The van der Waals surface area contributed by atoms with Gasteiger partial charge in [0.25, 0.3) is 5.91 Å². The number of benzene rings is 2. The predicted molar refractivity (Wildman–Crippen MR) is 109 cm³/mol. The van der Waals surface area contributed by atoms with E-state index in [1.165, 1.54) is 5.56 Å². The molecule has 1 aromatic heterocycles. The number of para-hydroxylation sites is 2. The van der Waals surface area contributed by atoms with E-state index in [0.717, 1.165) is 28.2 Å². The van der Waals surface area contributed by atoms with Crippen LogP contribution in [0.3, 0.4) is 0 Å². The summed E-state index contributed by atoms with van der Waals surface area (Å²) in [5, 5.41) is 6.11. The number of imidazole rings is 1. The normalized spacial score (nSPS) is 16.4. The zero-order valence-corrected chi connectivity index (χ0v) is 16.1. The second-order valence-corrected chi connectivity index (χ2v) is 7.26. The molecule has 1 aliphatic heterocycles. The Balaban J connectivity index is 1.95. The number of carbonyl (C=O) groups excluding carboxylic acids is 1. The van der Waals surface area contributed by atoms with Gasteiger partial charge in [0.05, 0.1) is 22.6 Å². The number of carbonyl (C=O) groups is 1. The van der Waals surface area contributed by atoms with Crippen molar-refractivity contribution in [1.29, 1.82) is 0 Å². The highest BCUT2D eigenvalue weighted by Crippen LogP contribution is 2.39. The van der Waals surface area contributed by atoms with Gasteiger partial charge in [-0.15, -0.1) is 0 Å². The van der Waals surface area contributed by atoms with Crippen molar-refractivity contribution in [3.8, 4) is 0 Å². The molecule has 27 heavy (non-hydrogen) atoms. The Bertz CT molecular complexity index is 1040. The van der Waals surface area contributed by atoms with E-state index in [1.807, 2.05) is 31.2 Å². The second kappa shape index (κ2) is 6.58. The minimum absolute atomic E-state index is 0.0821. The number of hydrogen-bond donors (Lipinski definition) is 2. The molecule has 3 aromatic rings. The van der Waals surface area contributed by atoms with Gasteiger partial charge in [-0.3, -0.25) is 9.36 Å². The second-order valence-electron chi connectivity index (χ2n) is 7.26. The van der Waals surface area contributed by atoms with E-state index >= 15 is 0 Å². The largest absolute Gasteiger partial charge is 0.355 e. The van der Waals surface area contributed by atoms with Gasteiger partial charge in [-0.25, -0.2) is 4.98 Å². The number of likely N-dealkylation sites (N-methyl/N-ethyl adjacent to an activating group) is 1. The van der Waals surface area contributed by atoms with Crippen LogP contribution in [0, 0.1) is 0 Å². The number of allylic oxidation sites excluding steroid dienone is 1. The van der Waals surface area contributed by atoms with Crippen LogP contribution in [-0.4, -0.2) is 22.5 Å². The summed E-state index contributed by atoms with van der Waals surface area (Å²) in [6, 6.07) is 16.3. The quantitative estimate of drug-likeness (QED) is 0.736. The molecular weight excluding hydrogens is 336 g/mol. The van der Waals surface area contributed by atoms with Gasteiger partial charge in [-0.05, 0) is 36.1 Å². The molecule has 1 aliphatic rings. The van der Waals surface area contributed by atoms with Gasteiger partial charge >= 0.3 is 0 Å². The highest BCUT2D eigenvalue weighted by atomic mass is 16.1. The SMILES string of the molecule is CNC(=O)C1=C(C)Nc2nc3ccccc3n2[C@H]1c1ccc(C(C)C)cc1. The number of amides is 1. The highest BCUT2D eigenvalue weighted by Gasteiger charge is 2.33. The van der Waals surface area contributed by atoms with Gasteiger partial charge in [-0.2, -0.15) is 0 Å². The maximum absolute atomic E-state index is 12.8. The van der Waals surface area contributed by atoms with Crippen LogP contribution in [0.25, 0.3) is 11.0 Å². The molecule has 0 saturated heterocycles. The zero-order chi connectivity index (χ0) is 19.1. The van der Waals surface area contributed by atoms with E-state index in [-0.39, 0.29) is 11.9 Å². The number of nitrogens with one attached hydrogen (secondary N) is 2. The lowest BCUT2D eigenvalue weighted by Crippen LogP contribution is -2.33. The van der Waals surface area contributed by atoms with Crippen LogP contribution in [0.4, 0.5) is 5.95 Å². The molecule has 0 aliphatic carbocycles. The first-order chi connectivity index (χ1) is 13.0. The number of aromatic nitrogens is 2. The molecule has 1 amide bonds. The minimum Gasteiger partial charge on any atom is -0.355 e. The third-order valence-corrected chi connectivity index (χ3v) is 5.22. The smallest absolute Gasteiger partial charge is 0.251 e. The predicted octanol–water partition coefficient (Wildman–Crippen LogP) is 4.19.